The molecule has 1 saturated heterocycles. The topological polar surface area (TPSA) is 58.6 Å². The Balaban J connectivity index is 1.89. The Bertz CT molecular complexity index is 646. The molecule has 0 radical (unpaired) electrons. The highest BCUT2D eigenvalue weighted by Crippen LogP contribution is 2.35. The minimum Gasteiger partial charge on any atom is -0.497 e. The largest absolute Gasteiger partial charge is 0.497 e. The van der Waals surface area contributed by atoms with Gasteiger partial charge in [-0.1, -0.05) is 0 Å². The fourth-order valence-corrected chi connectivity index (χ4v) is 4.22. The van der Waals surface area contributed by atoms with E-state index in [1.165, 1.54) is 0 Å². The van der Waals surface area contributed by atoms with Crippen LogP contribution in [0.25, 0.3) is 6.08 Å². The highest BCUT2D eigenvalue weighted by Gasteiger charge is 2.31. The average Bonchev–Trinajstić information content (AvgIpc) is 2.71. The summed E-state index contributed by atoms with van der Waals surface area (Å²) in [7, 11) is -1.75. The number of fused-ring (bicyclic) bond motifs is 1. The van der Waals surface area contributed by atoms with Gasteiger partial charge in [-0.2, -0.15) is 0 Å². The van der Waals surface area contributed by atoms with Crippen molar-refractivity contribution in [3.63, 3.8) is 0 Å². The number of hydrogen-bond acceptors (Lipinski definition) is 5. The van der Waals surface area contributed by atoms with E-state index in [9.17, 15) is 8.42 Å². The number of nitrogens with zero attached hydrogens (tertiary/aromatic N) is 1. The second-order valence-electron chi connectivity index (χ2n) is 5.04. The molecule has 0 atom stereocenters. The first kappa shape index (κ1) is 13.6. The van der Waals surface area contributed by atoms with Crippen LogP contribution in [-0.4, -0.2) is 53.2 Å². The highest BCUT2D eigenvalue weighted by atomic mass is 32.2. The van der Waals surface area contributed by atoms with Gasteiger partial charge in [0, 0.05) is 32.7 Å². The molecule has 0 bridgehead atoms. The smallest absolute Gasteiger partial charge is 0.204 e. The third kappa shape index (κ3) is 2.34. The quantitative estimate of drug-likeness (QED) is 0.890. The van der Waals surface area contributed by atoms with Crippen molar-refractivity contribution >= 4 is 15.9 Å². The summed E-state index contributed by atoms with van der Waals surface area (Å²) in [6.45, 7) is 4.07. The number of nitrogens with one attached hydrogen (secondary N) is 1. The maximum Gasteiger partial charge on any atom is 0.204 e. The molecular formula is C14H18N2O3S. The lowest BCUT2D eigenvalue weighted by Gasteiger charge is -2.27. The molecule has 20 heavy (non-hydrogen) atoms. The Hall–Kier alpha value is -1.37. The molecule has 1 N–H and O–H groups in total. The number of ether oxygens (including phenoxy) is 1. The molecule has 2 aliphatic rings. The van der Waals surface area contributed by atoms with Crippen molar-refractivity contribution in [3.8, 4) is 5.75 Å². The predicted octanol–water partition coefficient (Wildman–Crippen LogP) is 0.729. The Kier molecular flexibility index (Phi) is 3.54. The standard InChI is InChI=1S/C14H18N2O3S/c1-19-12-2-3-14-11(8-12)9-13(20(14,17)18)10-16-6-4-15-5-7-16/h2-3,8-9,15H,4-7,10H2,1H3. The fourth-order valence-electron chi connectivity index (χ4n) is 2.62. The van der Waals surface area contributed by atoms with Crippen molar-refractivity contribution in [2.45, 2.75) is 4.90 Å². The van der Waals surface area contributed by atoms with Gasteiger partial charge < -0.3 is 10.1 Å². The maximum absolute atomic E-state index is 12.5. The van der Waals surface area contributed by atoms with Crippen molar-refractivity contribution in [1.29, 1.82) is 0 Å². The molecule has 2 heterocycles. The second-order valence-corrected chi connectivity index (χ2v) is 7.02. The zero-order valence-electron chi connectivity index (χ0n) is 11.4. The molecule has 108 valence electrons. The first-order valence-corrected chi connectivity index (χ1v) is 8.16. The van der Waals surface area contributed by atoms with Gasteiger partial charge in [-0.25, -0.2) is 8.42 Å². The van der Waals surface area contributed by atoms with Gasteiger partial charge in [0.2, 0.25) is 9.84 Å². The molecule has 0 spiro atoms. The highest BCUT2D eigenvalue weighted by molar-refractivity contribution is 7.95. The summed E-state index contributed by atoms with van der Waals surface area (Å²) in [6, 6.07) is 5.10. The van der Waals surface area contributed by atoms with Crippen LogP contribution in [0.3, 0.4) is 0 Å². The van der Waals surface area contributed by atoms with E-state index in [0.29, 0.717) is 22.1 Å². The summed E-state index contributed by atoms with van der Waals surface area (Å²) in [6.07, 6.45) is 1.77. The van der Waals surface area contributed by atoms with Gasteiger partial charge in [-0.05, 0) is 29.8 Å². The second kappa shape index (κ2) is 5.20. The van der Waals surface area contributed by atoms with Crippen molar-refractivity contribution in [3.05, 3.63) is 28.7 Å². The Labute approximate surface area is 119 Å². The fraction of sp³-hybridized carbons (Fsp3) is 0.429. The van der Waals surface area contributed by atoms with Gasteiger partial charge in [0.1, 0.15) is 5.75 Å². The molecule has 1 aromatic carbocycles. The van der Waals surface area contributed by atoms with E-state index < -0.39 is 9.84 Å². The van der Waals surface area contributed by atoms with E-state index in [1.807, 2.05) is 0 Å². The maximum atomic E-state index is 12.5. The number of rotatable bonds is 3. The van der Waals surface area contributed by atoms with Gasteiger partial charge >= 0.3 is 0 Å². The summed E-state index contributed by atoms with van der Waals surface area (Å²) in [5.74, 6) is 0.679. The minimum absolute atomic E-state index is 0.392. The lowest BCUT2D eigenvalue weighted by molar-refractivity contribution is 0.263. The number of methoxy groups -OCH3 is 1. The normalized spacial score (nSPS) is 21.4. The van der Waals surface area contributed by atoms with Gasteiger partial charge in [0.15, 0.2) is 0 Å². The van der Waals surface area contributed by atoms with Crippen molar-refractivity contribution in [1.82, 2.24) is 10.2 Å². The van der Waals surface area contributed by atoms with Gasteiger partial charge in [0.25, 0.3) is 0 Å². The predicted molar refractivity (Wildman–Crippen MR) is 77.5 cm³/mol. The van der Waals surface area contributed by atoms with Crippen LogP contribution >= 0.6 is 0 Å². The van der Waals surface area contributed by atoms with Crippen LogP contribution in [0.4, 0.5) is 0 Å². The average molecular weight is 294 g/mol. The minimum atomic E-state index is -3.33. The monoisotopic (exact) mass is 294 g/mol. The summed E-state index contributed by atoms with van der Waals surface area (Å²) in [4.78, 5) is 3.05. The van der Waals surface area contributed by atoms with Gasteiger partial charge in [-0.3, -0.25) is 4.90 Å². The molecule has 2 aliphatic heterocycles. The molecular weight excluding hydrogens is 276 g/mol. The molecule has 0 unspecified atom stereocenters. The molecule has 0 aliphatic carbocycles. The van der Waals surface area contributed by atoms with Crippen LogP contribution in [-0.2, 0) is 9.84 Å². The molecule has 6 heteroatoms. The molecule has 3 rings (SSSR count). The van der Waals surface area contributed by atoms with Gasteiger partial charge in [-0.15, -0.1) is 0 Å². The zero-order chi connectivity index (χ0) is 14.2. The van der Waals surface area contributed by atoms with Crippen molar-refractivity contribution in [2.75, 3.05) is 39.8 Å². The Morgan fingerprint density at radius 3 is 2.75 bits per heavy atom. The first-order chi connectivity index (χ1) is 9.61. The Morgan fingerprint density at radius 2 is 2.05 bits per heavy atom. The molecule has 1 aromatic rings. The van der Waals surface area contributed by atoms with Crippen LogP contribution in [0.1, 0.15) is 5.56 Å². The van der Waals surface area contributed by atoms with Crippen LogP contribution in [0, 0.1) is 0 Å². The van der Waals surface area contributed by atoms with Crippen LogP contribution in [0.15, 0.2) is 28.0 Å². The van der Waals surface area contributed by atoms with E-state index in [-0.39, 0.29) is 0 Å². The van der Waals surface area contributed by atoms with Crippen LogP contribution < -0.4 is 10.1 Å². The summed E-state index contributed by atoms with van der Waals surface area (Å²) < 4.78 is 30.2. The molecule has 0 aromatic heterocycles. The molecule has 0 saturated carbocycles. The zero-order valence-corrected chi connectivity index (χ0v) is 12.2. The number of benzene rings is 1. The van der Waals surface area contributed by atoms with E-state index in [1.54, 1.807) is 31.4 Å². The summed E-state index contributed by atoms with van der Waals surface area (Å²) in [5, 5.41) is 3.27. The van der Waals surface area contributed by atoms with Crippen molar-refractivity contribution in [2.24, 2.45) is 0 Å². The molecule has 1 fully saturated rings. The summed E-state index contributed by atoms with van der Waals surface area (Å²) in [5.41, 5.74) is 0.731. The number of hydrogen-bond donors (Lipinski definition) is 1. The lowest BCUT2D eigenvalue weighted by atomic mass is 10.2. The SMILES string of the molecule is COc1ccc2c(c1)C=C(CN1CCNCC1)S2(=O)=O. The van der Waals surface area contributed by atoms with Crippen LogP contribution in [0.2, 0.25) is 0 Å². The molecule has 0 amide bonds. The van der Waals surface area contributed by atoms with E-state index in [2.05, 4.69) is 10.2 Å². The van der Waals surface area contributed by atoms with E-state index in [0.717, 1.165) is 31.7 Å². The first-order valence-electron chi connectivity index (χ1n) is 6.68. The third-order valence-corrected chi connectivity index (χ3v) is 5.65. The number of sulfone groups is 1. The van der Waals surface area contributed by atoms with Crippen molar-refractivity contribution < 1.29 is 13.2 Å². The summed E-state index contributed by atoms with van der Waals surface area (Å²) >= 11 is 0. The van der Waals surface area contributed by atoms with E-state index >= 15 is 0 Å². The molecule has 5 nitrogen and oxygen atoms in total. The van der Waals surface area contributed by atoms with Crippen LogP contribution in [0.5, 0.6) is 5.75 Å². The number of piperazine rings is 1. The third-order valence-electron chi connectivity index (χ3n) is 3.76. The van der Waals surface area contributed by atoms with Gasteiger partial charge in [0.05, 0.1) is 16.9 Å². The lowest BCUT2D eigenvalue weighted by Crippen LogP contribution is -2.44. The van der Waals surface area contributed by atoms with E-state index in [4.69, 9.17) is 4.74 Å². The Morgan fingerprint density at radius 1 is 1.30 bits per heavy atom.